The summed E-state index contributed by atoms with van der Waals surface area (Å²) in [6, 6.07) is 8.18. The summed E-state index contributed by atoms with van der Waals surface area (Å²) in [5.74, 6) is 0. The first kappa shape index (κ1) is 11.0. The molecule has 1 aliphatic heterocycles. The number of cyclic esters (lactones) is 1. The summed E-state index contributed by atoms with van der Waals surface area (Å²) in [5.41, 5.74) is 2.48. The van der Waals surface area contributed by atoms with Crippen molar-refractivity contribution in [3.63, 3.8) is 0 Å². The molecule has 1 amide bonds. The summed E-state index contributed by atoms with van der Waals surface area (Å²) in [5, 5.41) is 2.82. The first-order valence-corrected chi connectivity index (χ1v) is 5.51. The topological polar surface area (TPSA) is 38.3 Å². The lowest BCUT2D eigenvalue weighted by Crippen LogP contribution is -2.23. The number of ether oxygens (including phenoxy) is 1. The number of carbonyl (C=O) groups is 1. The molecule has 0 radical (unpaired) electrons. The van der Waals surface area contributed by atoms with Crippen LogP contribution in [0.4, 0.5) is 4.79 Å². The number of hydrogen-bond donors (Lipinski definition) is 1. The van der Waals surface area contributed by atoms with Gasteiger partial charge >= 0.3 is 6.09 Å². The molecule has 0 aliphatic carbocycles. The van der Waals surface area contributed by atoms with Crippen molar-refractivity contribution < 1.29 is 9.53 Å². The molecule has 1 atom stereocenters. The summed E-state index contributed by atoms with van der Waals surface area (Å²) in [7, 11) is 0. The van der Waals surface area contributed by atoms with E-state index in [1.54, 1.807) is 0 Å². The van der Waals surface area contributed by atoms with E-state index in [4.69, 9.17) is 4.74 Å². The predicted molar refractivity (Wildman–Crippen MR) is 62.4 cm³/mol. The van der Waals surface area contributed by atoms with Gasteiger partial charge in [0.15, 0.2) is 0 Å². The van der Waals surface area contributed by atoms with Crippen LogP contribution < -0.4 is 5.32 Å². The molecule has 1 aromatic rings. The number of alkyl carbamates (subject to hydrolysis) is 1. The number of hydrogen-bond acceptors (Lipinski definition) is 2. The van der Waals surface area contributed by atoms with Gasteiger partial charge in [-0.1, -0.05) is 45.0 Å². The molecule has 0 spiro atoms. The van der Waals surface area contributed by atoms with Crippen LogP contribution in [-0.4, -0.2) is 12.7 Å². The second-order valence-corrected chi connectivity index (χ2v) is 5.13. The molecule has 3 nitrogen and oxygen atoms in total. The van der Waals surface area contributed by atoms with E-state index in [1.807, 2.05) is 12.1 Å². The van der Waals surface area contributed by atoms with Gasteiger partial charge in [-0.2, -0.15) is 0 Å². The highest BCUT2D eigenvalue weighted by Gasteiger charge is 2.28. The largest absolute Gasteiger partial charge is 0.447 e. The number of amides is 1. The van der Waals surface area contributed by atoms with Crippen LogP contribution in [0.15, 0.2) is 24.3 Å². The van der Waals surface area contributed by atoms with Gasteiger partial charge in [0.2, 0.25) is 0 Å². The number of benzene rings is 1. The highest BCUT2D eigenvalue weighted by Crippen LogP contribution is 2.30. The Morgan fingerprint density at radius 1 is 1.31 bits per heavy atom. The molecule has 0 saturated carbocycles. The molecule has 0 bridgehead atoms. The number of carbonyl (C=O) groups excluding carboxylic acids is 1. The van der Waals surface area contributed by atoms with Crippen LogP contribution in [0.1, 0.15) is 37.9 Å². The van der Waals surface area contributed by atoms with Gasteiger partial charge in [0.05, 0.1) is 6.04 Å². The van der Waals surface area contributed by atoms with Crippen molar-refractivity contribution in [2.75, 3.05) is 6.61 Å². The molecule has 1 N–H and O–H groups in total. The molecular formula is C13H17NO2. The second kappa shape index (κ2) is 3.81. The highest BCUT2D eigenvalue weighted by atomic mass is 16.6. The van der Waals surface area contributed by atoms with E-state index in [2.05, 4.69) is 38.2 Å². The Kier molecular flexibility index (Phi) is 2.62. The first-order chi connectivity index (χ1) is 7.48. The minimum Gasteiger partial charge on any atom is -0.447 e. The van der Waals surface area contributed by atoms with Gasteiger partial charge in [-0.3, -0.25) is 0 Å². The molecule has 0 aromatic heterocycles. The van der Waals surface area contributed by atoms with Crippen molar-refractivity contribution in [2.45, 2.75) is 32.2 Å². The normalized spacial score (nSPS) is 20.4. The Morgan fingerprint density at radius 2 is 2.00 bits per heavy atom. The zero-order valence-electron chi connectivity index (χ0n) is 9.91. The van der Waals surface area contributed by atoms with E-state index in [0.717, 1.165) is 5.56 Å². The van der Waals surface area contributed by atoms with Crippen LogP contribution in [0.5, 0.6) is 0 Å². The monoisotopic (exact) mass is 219 g/mol. The zero-order chi connectivity index (χ0) is 11.8. The highest BCUT2D eigenvalue weighted by molar-refractivity contribution is 5.70. The summed E-state index contributed by atoms with van der Waals surface area (Å²) < 4.78 is 4.94. The molecule has 2 rings (SSSR count). The van der Waals surface area contributed by atoms with Crippen LogP contribution in [0.3, 0.4) is 0 Å². The average Bonchev–Trinajstić information content (AvgIpc) is 2.64. The summed E-state index contributed by atoms with van der Waals surface area (Å²) in [6.45, 7) is 6.93. The van der Waals surface area contributed by atoms with Gasteiger partial charge < -0.3 is 10.1 Å². The molecule has 16 heavy (non-hydrogen) atoms. The molecule has 1 heterocycles. The van der Waals surface area contributed by atoms with E-state index in [-0.39, 0.29) is 17.6 Å². The Morgan fingerprint density at radius 3 is 2.56 bits per heavy atom. The Hall–Kier alpha value is -1.51. The van der Waals surface area contributed by atoms with Gasteiger partial charge in [0.1, 0.15) is 6.61 Å². The zero-order valence-corrected chi connectivity index (χ0v) is 9.91. The number of nitrogens with one attached hydrogen (secondary N) is 1. The third kappa shape index (κ3) is 2.03. The fourth-order valence-electron chi connectivity index (χ4n) is 2.04. The summed E-state index contributed by atoms with van der Waals surface area (Å²) in [4.78, 5) is 11.1. The van der Waals surface area contributed by atoms with Crippen molar-refractivity contribution in [1.29, 1.82) is 0 Å². The van der Waals surface area contributed by atoms with Gasteiger partial charge in [-0.25, -0.2) is 4.79 Å². The van der Waals surface area contributed by atoms with Crippen LogP contribution in [-0.2, 0) is 10.2 Å². The maximum atomic E-state index is 11.1. The minimum atomic E-state index is -0.325. The van der Waals surface area contributed by atoms with Crippen molar-refractivity contribution >= 4 is 6.09 Å². The lowest BCUT2D eigenvalue weighted by Gasteiger charge is -2.24. The third-order valence-corrected chi connectivity index (χ3v) is 2.82. The van der Waals surface area contributed by atoms with Gasteiger partial charge in [-0.05, 0) is 16.5 Å². The van der Waals surface area contributed by atoms with Crippen LogP contribution in [0.25, 0.3) is 0 Å². The summed E-state index contributed by atoms with van der Waals surface area (Å²) in [6.07, 6.45) is -0.325. The Balaban J connectivity index is 2.37. The molecule has 1 fully saturated rings. The van der Waals surface area contributed by atoms with E-state index in [9.17, 15) is 4.79 Å². The molecule has 86 valence electrons. The molecule has 1 aromatic carbocycles. The van der Waals surface area contributed by atoms with Crippen LogP contribution in [0.2, 0.25) is 0 Å². The van der Waals surface area contributed by atoms with Crippen molar-refractivity contribution in [3.8, 4) is 0 Å². The van der Waals surface area contributed by atoms with E-state index >= 15 is 0 Å². The molecule has 1 saturated heterocycles. The number of rotatable bonds is 1. The van der Waals surface area contributed by atoms with Crippen LogP contribution >= 0.6 is 0 Å². The standard InChI is InChI=1S/C13H17NO2/c1-13(2,3)10-7-5-4-6-9(10)11-8-16-12(15)14-11/h4-7,11H,8H2,1-3H3,(H,14,15). The van der Waals surface area contributed by atoms with Gasteiger partial charge in [0, 0.05) is 0 Å². The lowest BCUT2D eigenvalue weighted by atomic mass is 9.82. The molecular weight excluding hydrogens is 202 g/mol. The summed E-state index contributed by atoms with van der Waals surface area (Å²) >= 11 is 0. The Bertz CT molecular complexity index is 407. The minimum absolute atomic E-state index is 0.0112. The SMILES string of the molecule is CC(C)(C)c1ccccc1C1COC(=O)N1. The van der Waals surface area contributed by atoms with Crippen molar-refractivity contribution in [1.82, 2.24) is 5.32 Å². The van der Waals surface area contributed by atoms with Gasteiger partial charge in [-0.15, -0.1) is 0 Å². The predicted octanol–water partition coefficient (Wildman–Crippen LogP) is 2.77. The average molecular weight is 219 g/mol. The lowest BCUT2D eigenvalue weighted by molar-refractivity contribution is 0.177. The van der Waals surface area contributed by atoms with Crippen molar-refractivity contribution in [2.24, 2.45) is 0 Å². The van der Waals surface area contributed by atoms with E-state index in [1.165, 1.54) is 5.56 Å². The third-order valence-electron chi connectivity index (χ3n) is 2.82. The fourth-order valence-corrected chi connectivity index (χ4v) is 2.04. The smallest absolute Gasteiger partial charge is 0.407 e. The maximum Gasteiger partial charge on any atom is 0.407 e. The quantitative estimate of drug-likeness (QED) is 0.788. The molecule has 1 aliphatic rings. The molecule has 1 unspecified atom stereocenters. The van der Waals surface area contributed by atoms with E-state index < -0.39 is 0 Å². The second-order valence-electron chi connectivity index (χ2n) is 5.13. The van der Waals surface area contributed by atoms with Crippen molar-refractivity contribution in [3.05, 3.63) is 35.4 Å². The fraction of sp³-hybridized carbons (Fsp3) is 0.462. The van der Waals surface area contributed by atoms with Gasteiger partial charge in [0.25, 0.3) is 0 Å². The first-order valence-electron chi connectivity index (χ1n) is 5.51. The maximum absolute atomic E-state index is 11.1. The van der Waals surface area contributed by atoms with Crippen LogP contribution in [0, 0.1) is 0 Å². The molecule has 3 heteroatoms. The Labute approximate surface area is 95.8 Å². The van der Waals surface area contributed by atoms with E-state index in [0.29, 0.717) is 6.61 Å².